The molecular weight excluding hydrogens is 414 g/mol. The van der Waals surface area contributed by atoms with Crippen LogP contribution < -0.4 is 10.6 Å². The van der Waals surface area contributed by atoms with Crippen molar-refractivity contribution < 1.29 is 14.4 Å². The van der Waals surface area contributed by atoms with Crippen molar-refractivity contribution in [1.82, 2.24) is 10.2 Å². The maximum atomic E-state index is 13.7. The topological polar surface area (TPSA) is 78.5 Å². The molecule has 0 bridgehead atoms. The highest BCUT2D eigenvalue weighted by Gasteiger charge is 2.70. The third kappa shape index (κ3) is 2.85. The Kier molecular flexibility index (Phi) is 4.68. The average Bonchev–Trinajstić information content (AvgIpc) is 3.30. The van der Waals surface area contributed by atoms with E-state index in [1.165, 1.54) is 4.90 Å². The predicted octanol–water partition coefficient (Wildman–Crippen LogP) is 3.31. The molecule has 2 saturated heterocycles. The van der Waals surface area contributed by atoms with Crippen molar-refractivity contribution >= 4 is 35.0 Å². The maximum absolute atomic E-state index is 13.7. The van der Waals surface area contributed by atoms with Crippen LogP contribution >= 0.6 is 11.6 Å². The first-order chi connectivity index (χ1) is 14.8. The van der Waals surface area contributed by atoms with Crippen LogP contribution in [0.15, 0.2) is 48.5 Å². The van der Waals surface area contributed by atoms with Crippen LogP contribution in [0.2, 0.25) is 5.02 Å². The predicted molar refractivity (Wildman–Crippen MR) is 117 cm³/mol. The summed E-state index contributed by atoms with van der Waals surface area (Å²) >= 11 is 6.30. The smallest absolute Gasteiger partial charge is 0.250 e. The second kappa shape index (κ2) is 7.18. The molecule has 2 fully saturated rings. The van der Waals surface area contributed by atoms with Crippen molar-refractivity contribution in [3.8, 4) is 0 Å². The molecule has 2 aromatic rings. The first-order valence-electron chi connectivity index (χ1n) is 10.6. The van der Waals surface area contributed by atoms with Gasteiger partial charge in [-0.1, -0.05) is 61.8 Å². The summed E-state index contributed by atoms with van der Waals surface area (Å²) in [4.78, 5) is 41.9. The lowest BCUT2D eigenvalue weighted by Gasteiger charge is -2.30. The van der Waals surface area contributed by atoms with E-state index in [1.807, 2.05) is 42.5 Å². The fourth-order valence-electron chi connectivity index (χ4n) is 5.48. The van der Waals surface area contributed by atoms with Gasteiger partial charge in [-0.15, -0.1) is 0 Å². The Hall–Kier alpha value is -2.70. The van der Waals surface area contributed by atoms with Gasteiger partial charge in [-0.25, -0.2) is 0 Å². The molecule has 3 amide bonds. The molecular formula is C24H24ClN3O3. The lowest BCUT2D eigenvalue weighted by atomic mass is 9.76. The Bertz CT molecular complexity index is 1100. The lowest BCUT2D eigenvalue weighted by Crippen LogP contribution is -2.53. The van der Waals surface area contributed by atoms with E-state index in [0.717, 1.165) is 5.56 Å². The fourth-order valence-corrected chi connectivity index (χ4v) is 5.68. The Morgan fingerprint density at radius 2 is 1.74 bits per heavy atom. The monoisotopic (exact) mass is 437 g/mol. The van der Waals surface area contributed by atoms with Gasteiger partial charge in [0, 0.05) is 22.3 Å². The minimum Gasteiger partial charge on any atom is -0.324 e. The molecule has 0 aliphatic carbocycles. The highest BCUT2D eigenvalue weighted by atomic mass is 35.5. The third-order valence-electron chi connectivity index (χ3n) is 6.73. The number of amides is 3. The van der Waals surface area contributed by atoms with Crippen LogP contribution in [0.5, 0.6) is 0 Å². The molecule has 3 aliphatic rings. The molecule has 4 atom stereocenters. The van der Waals surface area contributed by atoms with E-state index >= 15 is 0 Å². The van der Waals surface area contributed by atoms with Crippen molar-refractivity contribution in [3.05, 3.63) is 64.7 Å². The number of benzene rings is 2. The number of rotatable bonds is 4. The number of nitrogens with one attached hydrogen (secondary N) is 2. The second-order valence-corrected chi connectivity index (χ2v) is 9.45. The SMILES string of the molecule is CC(C)C[C@H]1N[C@]2(C(=O)Nc3ccccc32)[C@@H]2C(=O)N(Cc3ccccc3Cl)C(=O)[C@@H]21. The van der Waals surface area contributed by atoms with Crippen LogP contribution in [-0.2, 0) is 26.5 Å². The van der Waals surface area contributed by atoms with Crippen molar-refractivity contribution in [2.24, 2.45) is 17.8 Å². The number of likely N-dealkylation sites (tertiary alicyclic amines) is 1. The number of hydrogen-bond acceptors (Lipinski definition) is 4. The number of hydrogen-bond donors (Lipinski definition) is 2. The third-order valence-corrected chi connectivity index (χ3v) is 7.09. The molecule has 7 heteroatoms. The van der Waals surface area contributed by atoms with Gasteiger partial charge in [0.15, 0.2) is 0 Å². The van der Waals surface area contributed by atoms with Crippen molar-refractivity contribution in [3.63, 3.8) is 0 Å². The van der Waals surface area contributed by atoms with Gasteiger partial charge in [0.2, 0.25) is 17.7 Å². The number of halogens is 1. The van der Waals surface area contributed by atoms with Gasteiger partial charge < -0.3 is 5.32 Å². The lowest BCUT2D eigenvalue weighted by molar-refractivity contribution is -0.143. The van der Waals surface area contributed by atoms with Crippen molar-refractivity contribution in [2.45, 2.75) is 38.4 Å². The zero-order valence-corrected chi connectivity index (χ0v) is 18.1. The first kappa shape index (κ1) is 20.2. The summed E-state index contributed by atoms with van der Waals surface area (Å²) in [7, 11) is 0. The zero-order chi connectivity index (χ0) is 21.9. The molecule has 0 aromatic heterocycles. The Morgan fingerprint density at radius 3 is 2.48 bits per heavy atom. The molecule has 0 saturated carbocycles. The highest BCUT2D eigenvalue weighted by molar-refractivity contribution is 6.31. The van der Waals surface area contributed by atoms with Gasteiger partial charge in [-0.2, -0.15) is 0 Å². The highest BCUT2D eigenvalue weighted by Crippen LogP contribution is 2.53. The largest absolute Gasteiger partial charge is 0.324 e. The molecule has 3 heterocycles. The number of imide groups is 1. The standard InChI is InChI=1S/C24H24ClN3O3/c1-13(2)11-18-19-20(24(27-18)15-8-4-6-10-17(15)26-23(24)31)22(30)28(21(19)29)12-14-7-3-5-9-16(14)25/h3-10,13,18-20,27H,11-12H2,1-2H3,(H,26,31)/t18-,19-,20+,24+/m1/s1. The Morgan fingerprint density at radius 1 is 1.03 bits per heavy atom. The summed E-state index contributed by atoms with van der Waals surface area (Å²) in [5.74, 6) is -1.89. The van der Waals surface area contributed by atoms with Gasteiger partial charge in [0.25, 0.3) is 0 Å². The van der Waals surface area contributed by atoms with E-state index in [2.05, 4.69) is 24.5 Å². The molecule has 160 valence electrons. The number of anilines is 1. The number of nitrogens with zero attached hydrogens (tertiary/aromatic N) is 1. The average molecular weight is 438 g/mol. The van der Waals surface area contributed by atoms with E-state index in [0.29, 0.717) is 28.6 Å². The molecule has 3 aliphatic heterocycles. The second-order valence-electron chi connectivity index (χ2n) is 9.05. The van der Waals surface area contributed by atoms with Gasteiger partial charge >= 0.3 is 0 Å². The zero-order valence-electron chi connectivity index (χ0n) is 17.4. The van der Waals surface area contributed by atoms with Gasteiger partial charge in [0.1, 0.15) is 5.54 Å². The quantitative estimate of drug-likeness (QED) is 0.719. The maximum Gasteiger partial charge on any atom is 0.250 e. The number of carbonyl (C=O) groups excluding carboxylic acids is 3. The molecule has 0 unspecified atom stereocenters. The summed E-state index contributed by atoms with van der Waals surface area (Å²) < 4.78 is 0. The van der Waals surface area contributed by atoms with Crippen LogP contribution in [0.3, 0.4) is 0 Å². The summed E-state index contributed by atoms with van der Waals surface area (Å²) in [5.41, 5.74) is 0.906. The fraction of sp³-hybridized carbons (Fsp3) is 0.375. The number of fused-ring (bicyclic) bond motifs is 4. The Labute approximate surface area is 185 Å². The minimum atomic E-state index is -1.23. The van der Waals surface area contributed by atoms with E-state index in [1.54, 1.807) is 6.07 Å². The van der Waals surface area contributed by atoms with E-state index in [9.17, 15) is 14.4 Å². The van der Waals surface area contributed by atoms with Crippen LogP contribution in [-0.4, -0.2) is 28.7 Å². The molecule has 0 radical (unpaired) electrons. The van der Waals surface area contributed by atoms with E-state index < -0.39 is 17.4 Å². The molecule has 31 heavy (non-hydrogen) atoms. The number of para-hydroxylation sites is 1. The van der Waals surface area contributed by atoms with E-state index in [4.69, 9.17) is 11.6 Å². The molecule has 1 spiro atoms. The van der Waals surface area contributed by atoms with Crippen LogP contribution in [0.25, 0.3) is 0 Å². The molecule has 2 N–H and O–H groups in total. The normalized spacial score (nSPS) is 29.1. The van der Waals surface area contributed by atoms with Crippen LogP contribution in [0, 0.1) is 17.8 Å². The summed E-state index contributed by atoms with van der Waals surface area (Å²) in [6.07, 6.45) is 0.692. The minimum absolute atomic E-state index is 0.109. The van der Waals surface area contributed by atoms with Crippen LogP contribution in [0.4, 0.5) is 5.69 Å². The van der Waals surface area contributed by atoms with Gasteiger partial charge in [-0.05, 0) is 30.0 Å². The van der Waals surface area contributed by atoms with Gasteiger partial charge in [-0.3, -0.25) is 24.6 Å². The van der Waals surface area contributed by atoms with Crippen molar-refractivity contribution in [1.29, 1.82) is 0 Å². The summed E-state index contributed by atoms with van der Waals surface area (Å²) in [6.45, 7) is 4.26. The summed E-state index contributed by atoms with van der Waals surface area (Å²) in [5, 5.41) is 6.89. The first-order valence-corrected chi connectivity index (χ1v) is 11.0. The molecule has 6 nitrogen and oxygen atoms in total. The van der Waals surface area contributed by atoms with Gasteiger partial charge in [0.05, 0.1) is 18.4 Å². The van der Waals surface area contributed by atoms with Crippen molar-refractivity contribution in [2.75, 3.05) is 5.32 Å². The molecule has 2 aromatic carbocycles. The van der Waals surface area contributed by atoms with Crippen LogP contribution in [0.1, 0.15) is 31.4 Å². The molecule has 5 rings (SSSR count). The Balaban J connectivity index is 1.60. The number of carbonyl (C=O) groups is 3. The summed E-state index contributed by atoms with van der Waals surface area (Å²) in [6, 6.07) is 14.3. The van der Waals surface area contributed by atoms with E-state index in [-0.39, 0.29) is 30.3 Å².